The Morgan fingerprint density at radius 2 is 1.77 bits per heavy atom. The molecule has 0 fully saturated rings. The van der Waals surface area contributed by atoms with Crippen molar-refractivity contribution in [1.29, 1.82) is 5.26 Å². The largest absolute Gasteiger partial charge is 0.489 e. The molecule has 4 aromatic rings. The lowest BCUT2D eigenvalue weighted by Gasteiger charge is -2.20. The molecule has 0 bridgehead atoms. The zero-order chi connectivity index (χ0) is 30.9. The van der Waals surface area contributed by atoms with Gasteiger partial charge in [-0.25, -0.2) is 0 Å². The number of benzene rings is 4. The number of carboxylic acids is 1. The van der Waals surface area contributed by atoms with Crippen molar-refractivity contribution in [1.82, 2.24) is 5.32 Å². The van der Waals surface area contributed by atoms with E-state index in [2.05, 4.69) is 24.4 Å². The van der Waals surface area contributed by atoms with Gasteiger partial charge in [0.05, 0.1) is 24.7 Å². The van der Waals surface area contributed by atoms with Crippen LogP contribution < -0.4 is 24.3 Å². The first-order valence-corrected chi connectivity index (χ1v) is 14.4. The average molecular weight is 595 g/mol. The third-order valence-electron chi connectivity index (χ3n) is 7.41. The van der Waals surface area contributed by atoms with E-state index in [0.29, 0.717) is 36.9 Å². The lowest BCUT2D eigenvalue weighted by Crippen LogP contribution is -2.34. The Balaban J connectivity index is 1.33. The zero-order valence-corrected chi connectivity index (χ0v) is 24.4. The number of aliphatic carboxylic acids is 1. The first-order chi connectivity index (χ1) is 21.4. The highest BCUT2D eigenvalue weighted by molar-refractivity contribution is 5.71. The van der Waals surface area contributed by atoms with Gasteiger partial charge in [-0.15, -0.1) is 0 Å². The average Bonchev–Trinajstić information content (AvgIpc) is 3.05. The highest BCUT2D eigenvalue weighted by Gasteiger charge is 2.16. The Bertz CT molecular complexity index is 1660. The molecule has 0 spiro atoms. The van der Waals surface area contributed by atoms with Gasteiger partial charge in [-0.2, -0.15) is 5.26 Å². The molecule has 0 aliphatic carbocycles. The Hall–Kier alpha value is -5.04. The highest BCUT2D eigenvalue weighted by Crippen LogP contribution is 2.36. The minimum Gasteiger partial charge on any atom is -0.489 e. The molecule has 226 valence electrons. The summed E-state index contributed by atoms with van der Waals surface area (Å²) in [5.74, 6) is 1.64. The minimum absolute atomic E-state index is 0.209. The number of nitriles is 1. The molecule has 0 radical (unpaired) electrons. The number of aliphatic hydroxyl groups excluding tert-OH is 1. The van der Waals surface area contributed by atoms with Crippen LogP contribution in [0.5, 0.6) is 23.0 Å². The summed E-state index contributed by atoms with van der Waals surface area (Å²) in [5, 5.41) is 31.1. The van der Waals surface area contributed by atoms with Gasteiger partial charge in [0.1, 0.15) is 37.9 Å². The van der Waals surface area contributed by atoms with Crippen LogP contribution in [-0.4, -0.2) is 42.0 Å². The number of nitrogens with one attached hydrogen (secondary N) is 1. The van der Waals surface area contributed by atoms with Crippen LogP contribution in [0.1, 0.15) is 34.2 Å². The van der Waals surface area contributed by atoms with E-state index < -0.39 is 12.0 Å². The smallest absolute Gasteiger partial charge is 0.305 e. The van der Waals surface area contributed by atoms with Crippen molar-refractivity contribution < 1.29 is 34.0 Å². The van der Waals surface area contributed by atoms with Crippen LogP contribution >= 0.6 is 0 Å². The van der Waals surface area contributed by atoms with Gasteiger partial charge in [0, 0.05) is 24.2 Å². The molecule has 5 rings (SSSR count). The summed E-state index contributed by atoms with van der Waals surface area (Å²) in [4.78, 5) is 11.1. The van der Waals surface area contributed by atoms with Crippen molar-refractivity contribution in [2.45, 2.75) is 39.1 Å². The first-order valence-electron chi connectivity index (χ1n) is 14.4. The summed E-state index contributed by atoms with van der Waals surface area (Å²) in [6, 6.07) is 26.3. The van der Waals surface area contributed by atoms with Crippen LogP contribution in [0.3, 0.4) is 0 Å². The van der Waals surface area contributed by atoms with E-state index in [1.54, 1.807) is 24.3 Å². The van der Waals surface area contributed by atoms with Crippen LogP contribution in [0, 0.1) is 18.3 Å². The van der Waals surface area contributed by atoms with Gasteiger partial charge in [-0.05, 0) is 65.1 Å². The number of hydrogen-bond acceptors (Lipinski definition) is 8. The third-order valence-corrected chi connectivity index (χ3v) is 7.41. The van der Waals surface area contributed by atoms with Crippen LogP contribution in [-0.2, 0) is 24.6 Å². The van der Waals surface area contributed by atoms with Crippen molar-refractivity contribution in [3.63, 3.8) is 0 Å². The predicted octanol–water partition coefficient (Wildman–Crippen LogP) is 5.39. The Morgan fingerprint density at radius 1 is 0.955 bits per heavy atom. The maximum absolute atomic E-state index is 11.1. The highest BCUT2D eigenvalue weighted by atomic mass is 16.6. The second-order valence-corrected chi connectivity index (χ2v) is 10.5. The van der Waals surface area contributed by atoms with Crippen molar-refractivity contribution in [3.8, 4) is 40.2 Å². The van der Waals surface area contributed by atoms with E-state index in [9.17, 15) is 15.2 Å². The fourth-order valence-corrected chi connectivity index (χ4v) is 4.99. The molecule has 44 heavy (non-hydrogen) atoms. The summed E-state index contributed by atoms with van der Waals surface area (Å²) >= 11 is 0. The number of nitrogens with zero attached hydrogens (tertiary/aromatic N) is 1. The topological polar surface area (TPSA) is 130 Å². The summed E-state index contributed by atoms with van der Waals surface area (Å²) in [6.45, 7) is 3.67. The minimum atomic E-state index is -0.998. The Morgan fingerprint density at radius 3 is 2.57 bits per heavy atom. The zero-order valence-electron chi connectivity index (χ0n) is 24.4. The van der Waals surface area contributed by atoms with Gasteiger partial charge < -0.3 is 34.5 Å². The lowest BCUT2D eigenvalue weighted by atomic mass is 9.96. The van der Waals surface area contributed by atoms with E-state index >= 15 is 0 Å². The molecule has 0 amide bonds. The second kappa shape index (κ2) is 14.4. The SMILES string of the molecule is Cc1c(COc2ccc(CNC(CO)CC(=O)O)c(OCc3cccc(C#N)c3)c2)cccc1-c1ccc2c(c1)OCCO2. The van der Waals surface area contributed by atoms with Gasteiger partial charge in [0.15, 0.2) is 11.5 Å². The van der Waals surface area contributed by atoms with E-state index in [-0.39, 0.29) is 26.2 Å². The van der Waals surface area contributed by atoms with Crippen LogP contribution in [0.4, 0.5) is 0 Å². The summed E-state index contributed by atoms with van der Waals surface area (Å²) < 4.78 is 23.9. The molecular weight excluding hydrogens is 560 g/mol. The van der Waals surface area contributed by atoms with Crippen LogP contribution in [0.2, 0.25) is 0 Å². The maximum Gasteiger partial charge on any atom is 0.305 e. The van der Waals surface area contributed by atoms with Gasteiger partial charge >= 0.3 is 5.97 Å². The normalized spacial score (nSPS) is 12.7. The lowest BCUT2D eigenvalue weighted by molar-refractivity contribution is -0.137. The molecular formula is C35H34N2O7. The molecule has 1 aliphatic heterocycles. The molecule has 0 aromatic heterocycles. The molecule has 1 heterocycles. The van der Waals surface area contributed by atoms with Gasteiger partial charge in [0.25, 0.3) is 0 Å². The standard InChI is InChI=1S/C35H34N2O7/c1-23-28(6-3-7-31(23)26-9-11-32-34(15-26)42-13-12-41-32)22-43-30-10-8-27(19-37-29(20-38)16-35(39)40)33(17-30)44-21-25-5-2-4-24(14-25)18-36/h2-11,14-15,17,29,37-38H,12-13,16,19-22H2,1H3,(H,39,40). The molecule has 1 unspecified atom stereocenters. The van der Waals surface area contributed by atoms with Gasteiger partial charge in [-0.1, -0.05) is 42.5 Å². The number of rotatable bonds is 13. The van der Waals surface area contributed by atoms with E-state index in [1.807, 2.05) is 48.5 Å². The molecule has 1 aliphatic rings. The quantitative estimate of drug-likeness (QED) is 0.187. The Kier molecular flexibility index (Phi) is 9.97. The maximum atomic E-state index is 11.1. The van der Waals surface area contributed by atoms with E-state index in [1.165, 1.54) is 0 Å². The number of hydrogen-bond donors (Lipinski definition) is 3. The van der Waals surface area contributed by atoms with E-state index in [4.69, 9.17) is 24.1 Å². The van der Waals surface area contributed by atoms with Gasteiger partial charge in [0.2, 0.25) is 0 Å². The summed E-state index contributed by atoms with van der Waals surface area (Å²) in [5.41, 5.74) is 6.37. The second-order valence-electron chi connectivity index (χ2n) is 10.5. The monoisotopic (exact) mass is 594 g/mol. The molecule has 3 N–H and O–H groups in total. The van der Waals surface area contributed by atoms with Crippen molar-refractivity contribution in [3.05, 3.63) is 107 Å². The Labute approximate surface area is 256 Å². The van der Waals surface area contributed by atoms with Crippen molar-refractivity contribution in [2.24, 2.45) is 0 Å². The molecule has 9 nitrogen and oxygen atoms in total. The van der Waals surface area contributed by atoms with E-state index in [0.717, 1.165) is 44.9 Å². The van der Waals surface area contributed by atoms with Crippen molar-refractivity contribution in [2.75, 3.05) is 19.8 Å². The first kappa shape index (κ1) is 30.4. The number of aliphatic hydroxyl groups is 1. The fourth-order valence-electron chi connectivity index (χ4n) is 4.99. The summed E-state index contributed by atoms with van der Waals surface area (Å²) in [6.07, 6.45) is -0.209. The number of ether oxygens (including phenoxy) is 4. The number of carbonyl (C=O) groups is 1. The van der Waals surface area contributed by atoms with Crippen molar-refractivity contribution >= 4 is 5.97 Å². The molecule has 0 saturated heterocycles. The number of fused-ring (bicyclic) bond motifs is 1. The summed E-state index contributed by atoms with van der Waals surface area (Å²) in [7, 11) is 0. The third kappa shape index (κ3) is 7.67. The van der Waals surface area contributed by atoms with Gasteiger partial charge in [-0.3, -0.25) is 4.79 Å². The molecule has 1 atom stereocenters. The number of carboxylic acid groups (broad SMARTS) is 1. The fraction of sp³-hybridized carbons (Fsp3) is 0.257. The predicted molar refractivity (Wildman–Crippen MR) is 164 cm³/mol. The molecule has 9 heteroatoms. The van der Waals surface area contributed by atoms with Crippen LogP contribution in [0.15, 0.2) is 78.9 Å². The molecule has 4 aromatic carbocycles. The van der Waals surface area contributed by atoms with Crippen LogP contribution in [0.25, 0.3) is 11.1 Å². The molecule has 0 saturated carbocycles.